The Morgan fingerprint density at radius 1 is 1.12 bits per heavy atom. The first kappa shape index (κ1) is 35.5. The predicted octanol–water partition coefficient (Wildman–Crippen LogP) is 4.51. The topological polar surface area (TPSA) is 146 Å². The van der Waals surface area contributed by atoms with Gasteiger partial charge < -0.3 is 35.8 Å². The molecule has 1 aromatic heterocycles. The summed E-state index contributed by atoms with van der Waals surface area (Å²) < 4.78 is 20.7. The second-order valence-corrected chi connectivity index (χ2v) is 14.1. The zero-order valence-corrected chi connectivity index (χ0v) is 28.9. The van der Waals surface area contributed by atoms with E-state index in [9.17, 15) is 14.4 Å². The molecule has 0 radical (unpaired) electrons. The van der Waals surface area contributed by atoms with Crippen molar-refractivity contribution in [2.75, 3.05) is 41.3 Å². The van der Waals surface area contributed by atoms with Crippen LogP contribution in [0.5, 0.6) is 0 Å². The lowest BCUT2D eigenvalue weighted by Crippen LogP contribution is -2.56. The number of nitrogens with two attached hydrogens (primary N) is 1. The molecule has 3 heterocycles. The minimum Gasteiger partial charge on any atom is -0.459 e. The molecule has 2 atom stereocenters. The van der Waals surface area contributed by atoms with E-state index >= 15 is 4.39 Å². The summed E-state index contributed by atoms with van der Waals surface area (Å²) in [5.41, 5.74) is 6.52. The fraction of sp³-hybridized carbons (Fsp3) is 0.629. The van der Waals surface area contributed by atoms with Crippen molar-refractivity contribution in [3.05, 3.63) is 35.8 Å². The summed E-state index contributed by atoms with van der Waals surface area (Å²) in [6, 6.07) is 3.54. The summed E-state index contributed by atoms with van der Waals surface area (Å²) in [6.45, 7) is 12.1. The molecule has 1 saturated heterocycles. The number of anilines is 4. The average molecular weight is 667 g/mol. The zero-order chi connectivity index (χ0) is 34.6. The molecule has 1 aromatic carbocycles. The van der Waals surface area contributed by atoms with E-state index in [4.69, 9.17) is 15.5 Å². The van der Waals surface area contributed by atoms with Gasteiger partial charge in [0.15, 0.2) is 5.82 Å². The number of benzene rings is 1. The number of piperidine rings is 1. The molecule has 5 rings (SSSR count). The van der Waals surface area contributed by atoms with Crippen LogP contribution in [0.3, 0.4) is 0 Å². The number of hydrogen-bond donors (Lipinski definition) is 3. The van der Waals surface area contributed by atoms with Crippen LogP contribution in [0.2, 0.25) is 0 Å². The van der Waals surface area contributed by atoms with Gasteiger partial charge in [0.2, 0.25) is 11.9 Å². The van der Waals surface area contributed by atoms with Gasteiger partial charge in [0.05, 0.1) is 11.9 Å². The third kappa shape index (κ3) is 8.23. The van der Waals surface area contributed by atoms with Gasteiger partial charge in [-0.1, -0.05) is 19.8 Å². The Kier molecular flexibility index (Phi) is 11.2. The Morgan fingerprint density at radius 2 is 1.83 bits per heavy atom. The van der Waals surface area contributed by atoms with E-state index in [1.165, 1.54) is 12.1 Å². The highest BCUT2D eigenvalue weighted by Crippen LogP contribution is 2.40. The second-order valence-electron chi connectivity index (χ2n) is 14.1. The molecule has 0 spiro atoms. The second kappa shape index (κ2) is 15.1. The van der Waals surface area contributed by atoms with Crippen molar-refractivity contribution in [1.82, 2.24) is 20.2 Å². The lowest BCUT2D eigenvalue weighted by atomic mass is 10.0. The number of nitrogens with one attached hydrogen (secondary N) is 2. The quantitative estimate of drug-likeness (QED) is 0.293. The van der Waals surface area contributed by atoms with Gasteiger partial charge in [-0.25, -0.2) is 9.37 Å². The highest BCUT2D eigenvalue weighted by atomic mass is 19.1. The fourth-order valence-electron chi connectivity index (χ4n) is 6.94. The van der Waals surface area contributed by atoms with Gasteiger partial charge in [0.25, 0.3) is 5.91 Å². The van der Waals surface area contributed by atoms with E-state index in [2.05, 4.69) is 25.4 Å². The van der Waals surface area contributed by atoms with Gasteiger partial charge in [0, 0.05) is 43.8 Å². The number of fused-ring (bicyclic) bond motifs is 1. The number of aromatic nitrogens is 2. The molecule has 1 saturated carbocycles. The maximum Gasteiger partial charge on any atom is 0.323 e. The Morgan fingerprint density at radius 3 is 2.46 bits per heavy atom. The smallest absolute Gasteiger partial charge is 0.323 e. The van der Waals surface area contributed by atoms with Crippen molar-refractivity contribution >= 4 is 40.9 Å². The molecule has 0 bridgehead atoms. The monoisotopic (exact) mass is 666 g/mol. The number of likely N-dealkylation sites (tertiary alicyclic amines) is 1. The number of ether oxygens (including phenoxy) is 1. The van der Waals surface area contributed by atoms with Gasteiger partial charge in [-0.15, -0.1) is 0 Å². The van der Waals surface area contributed by atoms with Crippen LogP contribution >= 0.6 is 0 Å². The Bertz CT molecular complexity index is 1470. The Hall–Kier alpha value is -3.84. The predicted molar refractivity (Wildman–Crippen MR) is 184 cm³/mol. The third-order valence-corrected chi connectivity index (χ3v) is 9.46. The molecular weight excluding hydrogens is 615 g/mol. The lowest BCUT2D eigenvalue weighted by Gasteiger charge is -2.44. The van der Waals surface area contributed by atoms with Crippen molar-refractivity contribution in [2.24, 2.45) is 5.73 Å². The molecule has 48 heavy (non-hydrogen) atoms. The number of likely N-dealkylation sites (N-methyl/N-ethyl adjacent to an activating group) is 1. The van der Waals surface area contributed by atoms with Gasteiger partial charge in [-0.2, -0.15) is 4.98 Å². The van der Waals surface area contributed by atoms with Crippen LogP contribution in [-0.4, -0.2) is 88.6 Å². The molecular formula is C35H51FN8O4. The first-order valence-corrected chi connectivity index (χ1v) is 17.4. The normalized spacial score (nSPS) is 20.1. The number of rotatable bonds is 11. The molecule has 2 amide bonds. The summed E-state index contributed by atoms with van der Waals surface area (Å²) in [5.74, 6) is -0.338. The molecule has 2 fully saturated rings. The van der Waals surface area contributed by atoms with Gasteiger partial charge in [-0.3, -0.25) is 14.4 Å². The van der Waals surface area contributed by atoms with Gasteiger partial charge in [0.1, 0.15) is 29.2 Å². The third-order valence-electron chi connectivity index (χ3n) is 9.46. The molecule has 2 aromatic rings. The first-order chi connectivity index (χ1) is 22.9. The highest BCUT2D eigenvalue weighted by molar-refractivity contribution is 6.05. The fourth-order valence-corrected chi connectivity index (χ4v) is 6.94. The van der Waals surface area contributed by atoms with E-state index in [1.54, 1.807) is 17.2 Å². The largest absolute Gasteiger partial charge is 0.459 e. The Balaban J connectivity index is 1.18. The number of hydrogen-bond acceptors (Lipinski definition) is 10. The molecule has 0 unspecified atom stereocenters. The number of esters is 1. The van der Waals surface area contributed by atoms with Gasteiger partial charge in [-0.05, 0) is 84.4 Å². The zero-order valence-electron chi connectivity index (χ0n) is 28.9. The van der Waals surface area contributed by atoms with Crippen LogP contribution in [0, 0.1) is 5.82 Å². The maximum atomic E-state index is 15.4. The van der Waals surface area contributed by atoms with Crippen molar-refractivity contribution in [3.8, 4) is 0 Å². The van der Waals surface area contributed by atoms with Crippen LogP contribution in [-0.2, 0) is 14.3 Å². The first-order valence-electron chi connectivity index (χ1n) is 17.4. The van der Waals surface area contributed by atoms with Crippen LogP contribution in [0.15, 0.2) is 24.4 Å². The number of halogens is 1. The average Bonchev–Trinajstić information content (AvgIpc) is 3.58. The molecule has 2 aliphatic heterocycles. The molecule has 3 aliphatic rings. The molecule has 4 N–H and O–H groups in total. The number of carbonyl (C=O) groups excluding carboxylic acids is 3. The van der Waals surface area contributed by atoms with Crippen LogP contribution in [0.25, 0.3) is 0 Å². The van der Waals surface area contributed by atoms with E-state index in [0.29, 0.717) is 37.4 Å². The van der Waals surface area contributed by atoms with E-state index < -0.39 is 23.4 Å². The Labute approximate surface area is 283 Å². The summed E-state index contributed by atoms with van der Waals surface area (Å²) in [6.07, 6.45) is 8.52. The SMILES string of the molecule is CC[C@@H]1C(=O)N(CC)c2cnc(Nc3ccc(C(=O)NC4CCN(CC[C@H](N)C(=O)OC(C)(C)C)CC4)cc3F)nc2N1C1CCCC1. The van der Waals surface area contributed by atoms with E-state index in [-0.39, 0.29) is 47.1 Å². The number of nitrogens with zero attached hydrogens (tertiary/aromatic N) is 5. The molecule has 262 valence electrons. The molecule has 12 nitrogen and oxygen atoms in total. The minimum atomic E-state index is -0.676. The van der Waals surface area contributed by atoms with Crippen molar-refractivity contribution in [3.63, 3.8) is 0 Å². The number of amides is 2. The van der Waals surface area contributed by atoms with Gasteiger partial charge >= 0.3 is 5.97 Å². The molecule has 13 heteroatoms. The van der Waals surface area contributed by atoms with Crippen LogP contribution in [0.4, 0.5) is 27.5 Å². The lowest BCUT2D eigenvalue weighted by molar-refractivity contribution is -0.156. The molecule has 1 aliphatic carbocycles. The summed E-state index contributed by atoms with van der Waals surface area (Å²) in [5, 5.41) is 6.03. The van der Waals surface area contributed by atoms with E-state index in [0.717, 1.165) is 51.6 Å². The van der Waals surface area contributed by atoms with Crippen molar-refractivity contribution in [2.45, 2.75) is 116 Å². The number of carbonyl (C=O) groups is 3. The summed E-state index contributed by atoms with van der Waals surface area (Å²) in [4.78, 5) is 54.0. The van der Waals surface area contributed by atoms with Crippen LogP contribution < -0.4 is 26.2 Å². The van der Waals surface area contributed by atoms with E-state index in [1.807, 2.05) is 34.6 Å². The minimum absolute atomic E-state index is 0.0395. The van der Waals surface area contributed by atoms with Crippen molar-refractivity contribution < 1.29 is 23.5 Å². The summed E-state index contributed by atoms with van der Waals surface area (Å²) >= 11 is 0. The van der Waals surface area contributed by atoms with Crippen LogP contribution in [0.1, 0.15) is 96.3 Å². The van der Waals surface area contributed by atoms with Crippen molar-refractivity contribution in [1.29, 1.82) is 0 Å². The maximum absolute atomic E-state index is 15.4. The summed E-state index contributed by atoms with van der Waals surface area (Å²) in [7, 11) is 0. The standard InChI is InChI=1S/C35H51FN8O4/c1-6-28-32(46)43(7-2)29-21-38-34(41-30(29)44(28)24-10-8-9-11-24)40-27-13-12-22(20-25(27)36)31(45)39-23-14-17-42(18-15-23)19-16-26(37)33(47)48-35(3,4)5/h12-13,20-21,23-24,26,28H,6-11,14-19,37H2,1-5H3,(H,39,45)(H,38,40,41)/t26-,28+/m0/s1. The highest BCUT2D eigenvalue weighted by Gasteiger charge is 2.42.